The number of allylic oxidation sites excluding steroid dienone is 1. The van der Waals surface area contributed by atoms with Crippen molar-refractivity contribution in [1.29, 1.82) is 0 Å². The second kappa shape index (κ2) is 13.3. The average molecular weight is 545 g/mol. The van der Waals surface area contributed by atoms with Gasteiger partial charge in [-0.25, -0.2) is 0 Å². The Morgan fingerprint density at radius 3 is 2.27 bits per heavy atom. The Hall–Kier alpha value is -3.47. The number of fused-ring (bicyclic) bond motifs is 1. The van der Waals surface area contributed by atoms with Crippen LogP contribution in [0.2, 0.25) is 0 Å². The lowest BCUT2D eigenvalue weighted by molar-refractivity contribution is 0.127. The molecule has 2 aliphatic carbocycles. The van der Waals surface area contributed by atoms with E-state index in [4.69, 9.17) is 14.2 Å². The number of methoxy groups -OCH3 is 2. The van der Waals surface area contributed by atoms with E-state index >= 15 is 0 Å². The zero-order valence-electron chi connectivity index (χ0n) is 23.8. The highest BCUT2D eigenvalue weighted by Gasteiger charge is 2.24. The van der Waals surface area contributed by atoms with Crippen molar-refractivity contribution < 1.29 is 23.7 Å². The molecule has 1 saturated carbocycles. The fourth-order valence-corrected chi connectivity index (χ4v) is 6.38. The number of benzene rings is 3. The molecule has 0 heterocycles. The van der Waals surface area contributed by atoms with E-state index in [0.717, 1.165) is 90.0 Å². The van der Waals surface area contributed by atoms with Crippen LogP contribution in [-0.2, 0) is 6.42 Å². The lowest BCUT2D eigenvalue weighted by atomic mass is 9.84. The predicted octanol–water partition coefficient (Wildman–Crippen LogP) is 8.78. The quantitative estimate of drug-likeness (QED) is 0.259. The van der Waals surface area contributed by atoms with Crippen molar-refractivity contribution in [3.05, 3.63) is 82.9 Å². The minimum atomic E-state index is -0.200. The normalized spacial score (nSPS) is 19.1. The number of hydrogen-bond donors (Lipinski definition) is 1. The third-order valence-corrected chi connectivity index (χ3v) is 8.50. The topological polar surface area (TPSA) is 47.9 Å². The maximum atomic E-state index is 12.4. The molecule has 1 fully saturated rings. The average Bonchev–Trinajstić information content (AvgIpc) is 3.17. The molecular weight excluding hydrogens is 503 g/mol. The Labute approximate surface area is 237 Å². The first-order valence-corrected chi connectivity index (χ1v) is 14.7. The van der Waals surface area contributed by atoms with E-state index in [9.17, 15) is 9.50 Å². The Kier molecular flexibility index (Phi) is 9.30. The number of unbranched alkanes of at least 4 members (excludes halogenated alkanes) is 1. The summed E-state index contributed by atoms with van der Waals surface area (Å²) in [5.41, 5.74) is 6.86. The maximum Gasteiger partial charge on any atom is 0.130 e. The van der Waals surface area contributed by atoms with E-state index in [1.807, 2.05) is 24.3 Å². The molecule has 3 aromatic rings. The predicted molar refractivity (Wildman–Crippen MR) is 159 cm³/mol. The van der Waals surface area contributed by atoms with Gasteiger partial charge in [0, 0.05) is 11.6 Å². The summed E-state index contributed by atoms with van der Waals surface area (Å²) in [5, 5.41) is 10.2. The van der Waals surface area contributed by atoms with Gasteiger partial charge < -0.3 is 19.3 Å². The zero-order chi connectivity index (χ0) is 27.9. The highest BCUT2D eigenvalue weighted by atomic mass is 19.1. The first-order valence-electron chi connectivity index (χ1n) is 14.7. The van der Waals surface area contributed by atoms with Crippen LogP contribution in [0.4, 0.5) is 4.39 Å². The van der Waals surface area contributed by atoms with Gasteiger partial charge in [0.05, 0.1) is 27.0 Å². The summed E-state index contributed by atoms with van der Waals surface area (Å²) in [6.45, 7) is -0.200. The number of hydrogen-bond acceptors (Lipinski definition) is 4. The van der Waals surface area contributed by atoms with Crippen LogP contribution in [-0.4, -0.2) is 32.1 Å². The molecule has 0 amide bonds. The molecule has 4 nitrogen and oxygen atoms in total. The Bertz CT molecular complexity index is 1310. The van der Waals surface area contributed by atoms with Crippen LogP contribution in [0.15, 0.2) is 60.7 Å². The van der Waals surface area contributed by atoms with Crippen LogP contribution >= 0.6 is 0 Å². The van der Waals surface area contributed by atoms with Crippen molar-refractivity contribution in [3.63, 3.8) is 0 Å². The number of alkyl halides is 1. The van der Waals surface area contributed by atoms with Crippen LogP contribution in [0, 0.1) is 5.92 Å². The molecular formula is C35H41FO4. The molecule has 0 spiro atoms. The first kappa shape index (κ1) is 28.1. The summed E-state index contributed by atoms with van der Waals surface area (Å²) in [5.74, 6) is 3.45. The second-order valence-corrected chi connectivity index (χ2v) is 11.1. The number of aromatic hydroxyl groups is 1. The zero-order valence-corrected chi connectivity index (χ0v) is 23.8. The monoisotopic (exact) mass is 544 g/mol. The minimum absolute atomic E-state index is 0.200. The third-order valence-electron chi connectivity index (χ3n) is 8.50. The molecule has 0 saturated heterocycles. The Balaban J connectivity index is 1.43. The summed E-state index contributed by atoms with van der Waals surface area (Å²) < 4.78 is 30.1. The van der Waals surface area contributed by atoms with Gasteiger partial charge in [-0.05, 0) is 122 Å². The molecule has 0 bridgehead atoms. The van der Waals surface area contributed by atoms with Gasteiger partial charge in [-0.15, -0.1) is 0 Å². The van der Waals surface area contributed by atoms with Gasteiger partial charge in [0.15, 0.2) is 0 Å². The maximum absolute atomic E-state index is 12.4. The van der Waals surface area contributed by atoms with Crippen molar-refractivity contribution in [2.45, 2.75) is 70.3 Å². The van der Waals surface area contributed by atoms with Crippen LogP contribution in [0.25, 0.3) is 11.1 Å². The Morgan fingerprint density at radius 2 is 1.55 bits per heavy atom. The SMILES string of the molecule is COc1ccc(C2=C(c3ccc(OC4CCC(CCCCF)CC4)cc3)c3ccc(O)cc3CCC2)c(OC)c1. The molecule has 2 aliphatic rings. The van der Waals surface area contributed by atoms with Crippen molar-refractivity contribution in [2.24, 2.45) is 5.92 Å². The molecule has 0 aromatic heterocycles. The van der Waals surface area contributed by atoms with E-state index in [1.54, 1.807) is 20.3 Å². The van der Waals surface area contributed by atoms with Gasteiger partial charge in [0.25, 0.3) is 0 Å². The fourth-order valence-electron chi connectivity index (χ4n) is 6.38. The second-order valence-electron chi connectivity index (χ2n) is 11.1. The highest BCUT2D eigenvalue weighted by Crippen LogP contribution is 2.44. The van der Waals surface area contributed by atoms with Crippen LogP contribution in [0.5, 0.6) is 23.0 Å². The molecule has 3 aromatic carbocycles. The molecule has 5 heteroatoms. The number of halogens is 1. The van der Waals surface area contributed by atoms with Crippen molar-refractivity contribution in [1.82, 2.24) is 0 Å². The number of phenols is 1. The van der Waals surface area contributed by atoms with E-state index < -0.39 is 0 Å². The van der Waals surface area contributed by atoms with Gasteiger partial charge in [-0.2, -0.15) is 0 Å². The van der Waals surface area contributed by atoms with E-state index in [2.05, 4.69) is 30.3 Å². The smallest absolute Gasteiger partial charge is 0.130 e. The van der Waals surface area contributed by atoms with E-state index in [1.165, 1.54) is 18.4 Å². The number of aryl methyl sites for hydroxylation is 1. The summed E-state index contributed by atoms with van der Waals surface area (Å²) in [4.78, 5) is 0. The molecule has 1 N–H and O–H groups in total. The molecule has 0 unspecified atom stereocenters. The first-order chi connectivity index (χ1) is 19.6. The van der Waals surface area contributed by atoms with Crippen LogP contribution in [0.3, 0.4) is 0 Å². The van der Waals surface area contributed by atoms with Crippen LogP contribution in [0.1, 0.15) is 80.0 Å². The molecule has 5 rings (SSSR count). The van der Waals surface area contributed by atoms with Crippen molar-refractivity contribution in [2.75, 3.05) is 20.9 Å². The van der Waals surface area contributed by atoms with Crippen LogP contribution < -0.4 is 14.2 Å². The van der Waals surface area contributed by atoms with Crippen molar-refractivity contribution in [3.8, 4) is 23.0 Å². The van der Waals surface area contributed by atoms with Gasteiger partial charge in [0.2, 0.25) is 0 Å². The van der Waals surface area contributed by atoms with Gasteiger partial charge >= 0.3 is 0 Å². The fraction of sp³-hybridized carbons (Fsp3) is 0.429. The summed E-state index contributed by atoms with van der Waals surface area (Å²) in [6, 6.07) is 20.2. The number of rotatable bonds is 10. The molecule has 0 aliphatic heterocycles. The van der Waals surface area contributed by atoms with Gasteiger partial charge in [0.1, 0.15) is 23.0 Å². The lowest BCUT2D eigenvalue weighted by Gasteiger charge is -2.29. The van der Waals surface area contributed by atoms with Crippen molar-refractivity contribution >= 4 is 11.1 Å². The Morgan fingerprint density at radius 1 is 0.800 bits per heavy atom. The largest absolute Gasteiger partial charge is 0.508 e. The number of phenolic OH excluding ortho intramolecular Hbond substituents is 1. The lowest BCUT2D eigenvalue weighted by Crippen LogP contribution is -2.24. The molecule has 40 heavy (non-hydrogen) atoms. The van der Waals surface area contributed by atoms with E-state index in [-0.39, 0.29) is 12.8 Å². The van der Waals surface area contributed by atoms with Gasteiger partial charge in [-0.3, -0.25) is 4.39 Å². The number of ether oxygens (including phenoxy) is 3. The molecule has 212 valence electrons. The van der Waals surface area contributed by atoms with Gasteiger partial charge in [-0.1, -0.05) is 31.0 Å². The minimum Gasteiger partial charge on any atom is -0.508 e. The summed E-state index contributed by atoms with van der Waals surface area (Å²) in [7, 11) is 3.36. The summed E-state index contributed by atoms with van der Waals surface area (Å²) in [6.07, 6.45) is 10.3. The third kappa shape index (κ3) is 6.46. The molecule has 0 radical (unpaired) electrons. The highest BCUT2D eigenvalue weighted by molar-refractivity contribution is 6.01. The van der Waals surface area contributed by atoms with E-state index in [0.29, 0.717) is 18.1 Å². The summed E-state index contributed by atoms with van der Waals surface area (Å²) >= 11 is 0. The standard InChI is InChI=1S/C35H41FO4/c1-38-30-18-20-32(34(23-30)39-2)33-8-5-7-26-22-27(37)13-19-31(26)35(33)25-11-16-29(17-12-25)40-28-14-9-24(10-15-28)6-3-4-21-36/h11-13,16-20,22-24,28,37H,3-10,14-15,21H2,1-2H3. The molecule has 0 atom stereocenters.